The Morgan fingerprint density at radius 3 is 2.39 bits per heavy atom. The average Bonchev–Trinajstić information content (AvgIpc) is 3.11. The molecule has 2 aromatic rings. The molecule has 0 bridgehead atoms. The lowest BCUT2D eigenvalue weighted by molar-refractivity contribution is -0.127. The first-order chi connectivity index (χ1) is 15.0. The van der Waals surface area contributed by atoms with Crippen LogP contribution in [-0.4, -0.2) is 47.3 Å². The zero-order valence-corrected chi connectivity index (χ0v) is 17.8. The number of hydrogen-bond acceptors (Lipinski definition) is 4. The molecule has 2 aliphatic heterocycles. The molecule has 31 heavy (non-hydrogen) atoms. The van der Waals surface area contributed by atoms with Gasteiger partial charge < -0.3 is 15.3 Å². The van der Waals surface area contributed by atoms with Gasteiger partial charge in [0.2, 0.25) is 5.91 Å². The minimum atomic E-state index is -0.979. The third kappa shape index (κ3) is 3.42. The summed E-state index contributed by atoms with van der Waals surface area (Å²) in [6.07, 6.45) is 5.09. The smallest absolute Gasteiger partial charge is 0.247 e. The summed E-state index contributed by atoms with van der Waals surface area (Å²) >= 11 is 0. The standard InChI is InChI=1S/C25H30FN3O2/c26-20-11-9-19(10-12-20)25(31)13-5-4-8-22(25)28-16-14-24(15-17-28)23(30)27-18-29(24)21-6-2-1-3-7-21/h1-3,6-7,9-12,22,31H,4-5,8,13-18H2,(H,27,30)/t22-,25+/m1/s1. The Hall–Kier alpha value is -2.44. The monoisotopic (exact) mass is 423 g/mol. The van der Waals surface area contributed by atoms with Gasteiger partial charge in [-0.2, -0.15) is 0 Å². The minimum absolute atomic E-state index is 0.0151. The quantitative estimate of drug-likeness (QED) is 0.795. The Labute approximate surface area is 182 Å². The lowest BCUT2D eigenvalue weighted by Gasteiger charge is -2.51. The Morgan fingerprint density at radius 2 is 1.68 bits per heavy atom. The Bertz CT molecular complexity index is 928. The van der Waals surface area contributed by atoms with Crippen LogP contribution >= 0.6 is 0 Å². The first-order valence-corrected chi connectivity index (χ1v) is 11.4. The predicted octanol–water partition coefficient (Wildman–Crippen LogP) is 3.38. The summed E-state index contributed by atoms with van der Waals surface area (Å²) in [5.41, 5.74) is 0.354. The normalized spacial score (nSPS) is 28.6. The molecular weight excluding hydrogens is 393 g/mol. The molecule has 5 nitrogen and oxygen atoms in total. The zero-order valence-electron chi connectivity index (χ0n) is 17.8. The highest BCUT2D eigenvalue weighted by molar-refractivity contribution is 5.93. The zero-order chi connectivity index (χ0) is 21.5. The number of para-hydroxylation sites is 1. The van der Waals surface area contributed by atoms with Crippen LogP contribution < -0.4 is 10.2 Å². The molecule has 1 saturated carbocycles. The second-order valence-electron chi connectivity index (χ2n) is 9.19. The number of anilines is 1. The second kappa shape index (κ2) is 7.92. The molecule has 2 aromatic carbocycles. The van der Waals surface area contributed by atoms with Gasteiger partial charge in [0, 0.05) is 24.8 Å². The predicted molar refractivity (Wildman–Crippen MR) is 118 cm³/mol. The van der Waals surface area contributed by atoms with Crippen LogP contribution in [0.4, 0.5) is 10.1 Å². The maximum Gasteiger partial charge on any atom is 0.247 e. The van der Waals surface area contributed by atoms with Crippen LogP contribution in [0.2, 0.25) is 0 Å². The van der Waals surface area contributed by atoms with E-state index in [2.05, 4.69) is 27.2 Å². The number of likely N-dealkylation sites (tertiary alicyclic amines) is 1. The number of carbonyl (C=O) groups excluding carboxylic acids is 1. The van der Waals surface area contributed by atoms with Gasteiger partial charge in [0.25, 0.3) is 0 Å². The highest BCUT2D eigenvalue weighted by atomic mass is 19.1. The van der Waals surface area contributed by atoms with Crippen molar-refractivity contribution in [2.24, 2.45) is 0 Å². The number of benzene rings is 2. The van der Waals surface area contributed by atoms with E-state index in [1.54, 1.807) is 12.1 Å². The number of amides is 1. The number of rotatable bonds is 3. The summed E-state index contributed by atoms with van der Waals surface area (Å²) in [4.78, 5) is 17.5. The number of piperidine rings is 1. The van der Waals surface area contributed by atoms with Crippen molar-refractivity contribution in [1.82, 2.24) is 10.2 Å². The molecule has 2 heterocycles. The third-order valence-corrected chi connectivity index (χ3v) is 7.65. The Morgan fingerprint density at radius 1 is 0.968 bits per heavy atom. The van der Waals surface area contributed by atoms with E-state index in [1.807, 2.05) is 18.2 Å². The number of aliphatic hydroxyl groups is 1. The summed E-state index contributed by atoms with van der Waals surface area (Å²) in [5.74, 6) is -0.179. The first kappa shape index (κ1) is 20.5. The van der Waals surface area contributed by atoms with E-state index in [-0.39, 0.29) is 17.8 Å². The first-order valence-electron chi connectivity index (χ1n) is 11.4. The fraction of sp³-hybridized carbons (Fsp3) is 0.480. The van der Waals surface area contributed by atoms with Gasteiger partial charge in [-0.25, -0.2) is 4.39 Å². The van der Waals surface area contributed by atoms with E-state index in [1.165, 1.54) is 12.1 Å². The van der Waals surface area contributed by atoms with Crippen molar-refractivity contribution in [3.63, 3.8) is 0 Å². The third-order valence-electron chi connectivity index (χ3n) is 7.65. The molecule has 1 spiro atoms. The molecule has 5 rings (SSSR count). The van der Waals surface area contributed by atoms with Crippen LogP contribution in [-0.2, 0) is 10.4 Å². The largest absolute Gasteiger partial charge is 0.384 e. The van der Waals surface area contributed by atoms with Gasteiger partial charge in [0.05, 0.1) is 6.67 Å². The van der Waals surface area contributed by atoms with Crippen molar-refractivity contribution in [2.45, 2.75) is 55.7 Å². The van der Waals surface area contributed by atoms with Crippen LogP contribution in [0.5, 0.6) is 0 Å². The Balaban J connectivity index is 1.37. The number of nitrogens with zero attached hydrogens (tertiary/aromatic N) is 2. The van der Waals surface area contributed by atoms with Crippen molar-refractivity contribution in [3.8, 4) is 0 Å². The maximum atomic E-state index is 13.5. The van der Waals surface area contributed by atoms with Crippen molar-refractivity contribution in [3.05, 3.63) is 66.0 Å². The number of nitrogens with one attached hydrogen (secondary N) is 1. The van der Waals surface area contributed by atoms with Crippen molar-refractivity contribution in [2.75, 3.05) is 24.7 Å². The SMILES string of the molecule is O=C1NCN(c2ccccc2)C12CCN([C@@H]1CCCC[C@]1(O)c1ccc(F)cc1)CC2. The molecule has 3 fully saturated rings. The summed E-state index contributed by atoms with van der Waals surface area (Å²) in [5, 5.41) is 14.8. The van der Waals surface area contributed by atoms with Crippen molar-refractivity contribution >= 4 is 11.6 Å². The summed E-state index contributed by atoms with van der Waals surface area (Å²) in [7, 11) is 0. The number of hydrogen-bond donors (Lipinski definition) is 2. The van der Waals surface area contributed by atoms with Crippen LogP contribution in [0.15, 0.2) is 54.6 Å². The molecule has 3 aliphatic rings. The fourth-order valence-electron chi connectivity index (χ4n) is 5.94. The second-order valence-corrected chi connectivity index (χ2v) is 9.19. The highest BCUT2D eigenvalue weighted by Gasteiger charge is 2.53. The minimum Gasteiger partial charge on any atom is -0.384 e. The van der Waals surface area contributed by atoms with Crippen LogP contribution in [0.1, 0.15) is 44.1 Å². The lowest BCUT2D eigenvalue weighted by Crippen LogP contribution is -2.61. The van der Waals surface area contributed by atoms with E-state index in [4.69, 9.17) is 0 Å². The van der Waals surface area contributed by atoms with E-state index in [9.17, 15) is 14.3 Å². The summed E-state index contributed by atoms with van der Waals surface area (Å²) in [6.45, 7) is 2.04. The topological polar surface area (TPSA) is 55.8 Å². The molecule has 1 aliphatic carbocycles. The molecule has 0 unspecified atom stereocenters. The van der Waals surface area contributed by atoms with E-state index < -0.39 is 11.1 Å². The van der Waals surface area contributed by atoms with Crippen molar-refractivity contribution in [1.29, 1.82) is 0 Å². The van der Waals surface area contributed by atoms with E-state index >= 15 is 0 Å². The van der Waals surface area contributed by atoms with Crippen LogP contribution in [0, 0.1) is 5.82 Å². The van der Waals surface area contributed by atoms with E-state index in [0.29, 0.717) is 13.1 Å². The maximum absolute atomic E-state index is 13.5. The Kier molecular flexibility index (Phi) is 5.22. The molecular formula is C25H30FN3O2. The number of halogens is 1. The molecule has 6 heteroatoms. The van der Waals surface area contributed by atoms with Crippen LogP contribution in [0.25, 0.3) is 0 Å². The van der Waals surface area contributed by atoms with Crippen LogP contribution in [0.3, 0.4) is 0 Å². The molecule has 2 N–H and O–H groups in total. The fourth-order valence-corrected chi connectivity index (χ4v) is 5.94. The molecule has 2 atom stereocenters. The molecule has 164 valence electrons. The summed E-state index contributed by atoms with van der Waals surface area (Å²) in [6, 6.07) is 16.4. The van der Waals surface area contributed by atoms with Gasteiger partial charge in [-0.1, -0.05) is 43.2 Å². The van der Waals surface area contributed by atoms with Gasteiger partial charge in [-0.3, -0.25) is 9.69 Å². The van der Waals surface area contributed by atoms with Crippen molar-refractivity contribution < 1.29 is 14.3 Å². The van der Waals surface area contributed by atoms with E-state index in [0.717, 1.165) is 56.4 Å². The van der Waals surface area contributed by atoms with Gasteiger partial charge in [0.1, 0.15) is 17.0 Å². The summed E-state index contributed by atoms with van der Waals surface area (Å²) < 4.78 is 13.5. The molecule has 2 saturated heterocycles. The van der Waals surface area contributed by atoms with Gasteiger partial charge >= 0.3 is 0 Å². The average molecular weight is 424 g/mol. The lowest BCUT2D eigenvalue weighted by atomic mass is 9.73. The van der Waals surface area contributed by atoms with Gasteiger partial charge in [-0.15, -0.1) is 0 Å². The molecule has 1 amide bonds. The van der Waals surface area contributed by atoms with Gasteiger partial charge in [-0.05, 0) is 55.5 Å². The molecule has 0 radical (unpaired) electrons. The highest BCUT2D eigenvalue weighted by Crippen LogP contribution is 2.43. The number of carbonyl (C=O) groups is 1. The molecule has 0 aromatic heterocycles. The van der Waals surface area contributed by atoms with Gasteiger partial charge in [0.15, 0.2) is 0 Å².